The van der Waals surface area contributed by atoms with E-state index in [1.54, 1.807) is 0 Å². The molecule has 2 atom stereocenters. The Morgan fingerprint density at radius 1 is 1.29 bits per heavy atom. The van der Waals surface area contributed by atoms with E-state index < -0.39 is 11.5 Å². The summed E-state index contributed by atoms with van der Waals surface area (Å²) in [7, 11) is 0. The highest BCUT2D eigenvalue weighted by molar-refractivity contribution is 5.79. The van der Waals surface area contributed by atoms with Crippen LogP contribution in [0, 0.1) is 0 Å². The van der Waals surface area contributed by atoms with Crippen molar-refractivity contribution in [2.75, 3.05) is 6.54 Å². The summed E-state index contributed by atoms with van der Waals surface area (Å²) in [5.74, 6) is -0.640. The molecule has 0 aliphatic carbocycles. The van der Waals surface area contributed by atoms with E-state index in [1.165, 1.54) is 5.56 Å². The number of benzene rings is 1. The van der Waals surface area contributed by atoms with E-state index in [1.807, 2.05) is 6.07 Å². The van der Waals surface area contributed by atoms with Gasteiger partial charge in [0.1, 0.15) is 5.54 Å². The molecule has 116 valence electrons. The van der Waals surface area contributed by atoms with Crippen molar-refractivity contribution in [2.45, 2.75) is 64.0 Å². The second-order valence-electron chi connectivity index (χ2n) is 6.10. The topological polar surface area (TPSA) is 40.5 Å². The molecule has 0 bridgehead atoms. The van der Waals surface area contributed by atoms with E-state index in [9.17, 15) is 9.90 Å². The molecule has 2 unspecified atom stereocenters. The molecule has 1 fully saturated rings. The zero-order chi connectivity index (χ0) is 15.3. The van der Waals surface area contributed by atoms with Gasteiger partial charge in [0.2, 0.25) is 0 Å². The van der Waals surface area contributed by atoms with E-state index >= 15 is 0 Å². The van der Waals surface area contributed by atoms with E-state index in [-0.39, 0.29) is 6.04 Å². The average molecular weight is 289 g/mol. The predicted octanol–water partition coefficient (Wildman–Crippen LogP) is 4.25. The largest absolute Gasteiger partial charge is 0.480 e. The second-order valence-corrected chi connectivity index (χ2v) is 6.10. The van der Waals surface area contributed by atoms with Crippen LogP contribution in [0.3, 0.4) is 0 Å². The minimum Gasteiger partial charge on any atom is -0.480 e. The van der Waals surface area contributed by atoms with Crippen LogP contribution in [0.15, 0.2) is 30.3 Å². The molecule has 3 heteroatoms. The summed E-state index contributed by atoms with van der Waals surface area (Å²) >= 11 is 0. The van der Waals surface area contributed by atoms with Crippen molar-refractivity contribution in [3.63, 3.8) is 0 Å². The molecule has 2 rings (SSSR count). The first-order valence-electron chi connectivity index (χ1n) is 8.20. The Morgan fingerprint density at radius 2 is 2.00 bits per heavy atom. The first-order chi connectivity index (χ1) is 10.2. The minimum atomic E-state index is -0.662. The number of hydrogen-bond acceptors (Lipinski definition) is 2. The molecule has 21 heavy (non-hydrogen) atoms. The molecule has 1 aromatic rings. The summed E-state index contributed by atoms with van der Waals surface area (Å²) in [4.78, 5) is 14.3. The van der Waals surface area contributed by atoms with Crippen LogP contribution in [0.1, 0.15) is 64.0 Å². The number of carboxylic acid groups (broad SMARTS) is 1. The number of carbonyl (C=O) groups is 1. The lowest BCUT2D eigenvalue weighted by molar-refractivity contribution is -0.152. The van der Waals surface area contributed by atoms with Crippen molar-refractivity contribution in [3.8, 4) is 0 Å². The number of nitrogens with zero attached hydrogens (tertiary/aromatic N) is 1. The minimum absolute atomic E-state index is 0.223. The number of hydrogen-bond donors (Lipinski definition) is 1. The maximum absolute atomic E-state index is 12.0. The molecular formula is C18H27NO2. The summed E-state index contributed by atoms with van der Waals surface area (Å²) in [6.45, 7) is 5.15. The molecular weight excluding hydrogens is 262 g/mol. The highest BCUT2D eigenvalue weighted by Crippen LogP contribution is 2.42. The monoisotopic (exact) mass is 289 g/mol. The van der Waals surface area contributed by atoms with Gasteiger partial charge < -0.3 is 5.11 Å². The van der Waals surface area contributed by atoms with Gasteiger partial charge in [0, 0.05) is 6.04 Å². The van der Waals surface area contributed by atoms with Gasteiger partial charge in [0.25, 0.3) is 0 Å². The summed E-state index contributed by atoms with van der Waals surface area (Å²) in [5.41, 5.74) is 0.590. The molecule has 1 N–H and O–H groups in total. The summed E-state index contributed by atoms with van der Waals surface area (Å²) in [5, 5.41) is 9.89. The quantitative estimate of drug-likeness (QED) is 0.816. The fraction of sp³-hybridized carbons (Fsp3) is 0.611. The fourth-order valence-corrected chi connectivity index (χ4v) is 3.82. The molecule has 1 aliphatic rings. The summed E-state index contributed by atoms with van der Waals surface area (Å²) in [6.07, 6.45) is 5.51. The standard InChI is InChI=1S/C18H27NO2/c1-3-9-16(15-10-6-5-7-11-15)19-14-8-13-18(19,12-4-2)17(20)21/h5-7,10-11,16H,3-4,8-9,12-14H2,1-2H3,(H,20,21). The molecule has 1 saturated heterocycles. The Labute approximate surface area is 128 Å². The van der Waals surface area contributed by atoms with E-state index in [0.717, 1.165) is 45.1 Å². The molecule has 0 spiro atoms. The van der Waals surface area contributed by atoms with Crippen LogP contribution in [-0.2, 0) is 4.79 Å². The lowest BCUT2D eigenvalue weighted by atomic mass is 9.87. The predicted molar refractivity (Wildman–Crippen MR) is 85.3 cm³/mol. The Kier molecular flexibility index (Phi) is 5.40. The first-order valence-corrected chi connectivity index (χ1v) is 8.20. The molecule has 1 aromatic carbocycles. The van der Waals surface area contributed by atoms with Crippen LogP contribution in [0.5, 0.6) is 0 Å². The Bertz CT molecular complexity index is 460. The van der Waals surface area contributed by atoms with E-state index in [2.05, 4.69) is 43.0 Å². The molecule has 1 aliphatic heterocycles. The third-order valence-electron chi connectivity index (χ3n) is 4.72. The lowest BCUT2D eigenvalue weighted by Gasteiger charge is -2.40. The molecule has 0 radical (unpaired) electrons. The highest BCUT2D eigenvalue weighted by atomic mass is 16.4. The van der Waals surface area contributed by atoms with Crippen LogP contribution in [-0.4, -0.2) is 28.1 Å². The van der Waals surface area contributed by atoms with Gasteiger partial charge in [-0.2, -0.15) is 0 Å². The molecule has 0 saturated carbocycles. The normalized spacial score (nSPS) is 24.1. The average Bonchev–Trinajstić information content (AvgIpc) is 2.91. The van der Waals surface area contributed by atoms with Crippen molar-refractivity contribution < 1.29 is 9.90 Å². The number of likely N-dealkylation sites (tertiary alicyclic amines) is 1. The van der Waals surface area contributed by atoms with E-state index in [0.29, 0.717) is 0 Å². The molecule has 3 nitrogen and oxygen atoms in total. The van der Waals surface area contributed by atoms with Crippen molar-refractivity contribution in [3.05, 3.63) is 35.9 Å². The maximum atomic E-state index is 12.0. The lowest BCUT2D eigenvalue weighted by Crippen LogP contribution is -2.51. The number of rotatable bonds is 7. The van der Waals surface area contributed by atoms with Crippen LogP contribution >= 0.6 is 0 Å². The van der Waals surface area contributed by atoms with Gasteiger partial charge in [0.15, 0.2) is 0 Å². The number of aliphatic carboxylic acids is 1. The van der Waals surface area contributed by atoms with Crippen LogP contribution < -0.4 is 0 Å². The summed E-state index contributed by atoms with van der Waals surface area (Å²) < 4.78 is 0. The zero-order valence-electron chi connectivity index (χ0n) is 13.2. The van der Waals surface area contributed by atoms with Gasteiger partial charge in [-0.05, 0) is 37.8 Å². The van der Waals surface area contributed by atoms with Crippen molar-refractivity contribution in [1.82, 2.24) is 4.90 Å². The maximum Gasteiger partial charge on any atom is 0.324 e. The molecule has 0 amide bonds. The van der Waals surface area contributed by atoms with E-state index in [4.69, 9.17) is 0 Å². The fourth-order valence-electron chi connectivity index (χ4n) is 3.82. The van der Waals surface area contributed by atoms with Gasteiger partial charge in [-0.3, -0.25) is 9.69 Å². The third-order valence-corrected chi connectivity index (χ3v) is 4.72. The summed E-state index contributed by atoms with van der Waals surface area (Å²) in [6, 6.07) is 10.6. The van der Waals surface area contributed by atoms with Crippen molar-refractivity contribution in [2.24, 2.45) is 0 Å². The molecule has 1 heterocycles. The molecule has 0 aromatic heterocycles. The van der Waals surface area contributed by atoms with Gasteiger partial charge in [0.05, 0.1) is 0 Å². The van der Waals surface area contributed by atoms with Crippen molar-refractivity contribution in [1.29, 1.82) is 0 Å². The van der Waals surface area contributed by atoms with Gasteiger partial charge in [-0.15, -0.1) is 0 Å². The van der Waals surface area contributed by atoms with Crippen LogP contribution in [0.2, 0.25) is 0 Å². The van der Waals surface area contributed by atoms with Crippen LogP contribution in [0.25, 0.3) is 0 Å². The Balaban J connectivity index is 2.36. The van der Waals surface area contributed by atoms with Gasteiger partial charge in [-0.1, -0.05) is 57.0 Å². The highest BCUT2D eigenvalue weighted by Gasteiger charge is 2.49. The smallest absolute Gasteiger partial charge is 0.324 e. The third kappa shape index (κ3) is 3.13. The van der Waals surface area contributed by atoms with Crippen LogP contribution in [0.4, 0.5) is 0 Å². The number of carboxylic acids is 1. The Morgan fingerprint density at radius 3 is 2.57 bits per heavy atom. The van der Waals surface area contributed by atoms with Gasteiger partial charge in [-0.25, -0.2) is 0 Å². The van der Waals surface area contributed by atoms with Crippen molar-refractivity contribution >= 4 is 5.97 Å². The first kappa shape index (κ1) is 16.0. The Hall–Kier alpha value is -1.35. The SMILES string of the molecule is CCCC(c1ccccc1)N1CCCC1(CCC)C(=O)O. The second kappa shape index (κ2) is 7.08. The van der Waals surface area contributed by atoms with Gasteiger partial charge >= 0.3 is 5.97 Å². The zero-order valence-corrected chi connectivity index (χ0v) is 13.2.